The summed E-state index contributed by atoms with van der Waals surface area (Å²) < 4.78 is 0. The van der Waals surface area contributed by atoms with Gasteiger partial charge in [0.25, 0.3) is 5.91 Å². The van der Waals surface area contributed by atoms with Crippen LogP contribution in [0.25, 0.3) is 11.3 Å². The van der Waals surface area contributed by atoms with E-state index in [1.54, 1.807) is 37.5 Å². The molecule has 4 heteroatoms. The Bertz CT molecular complexity index is 629. The average Bonchev–Trinajstić information content (AvgIpc) is 2.46. The number of carbonyl (C=O) groups is 1. The van der Waals surface area contributed by atoms with Crippen LogP contribution in [0.2, 0.25) is 0 Å². The van der Waals surface area contributed by atoms with Gasteiger partial charge in [0, 0.05) is 24.4 Å². The van der Waals surface area contributed by atoms with Gasteiger partial charge in [0.15, 0.2) is 0 Å². The molecule has 1 amide bonds. The number of hydrogen-bond acceptors (Lipinski definition) is 3. The van der Waals surface area contributed by atoms with Crippen molar-refractivity contribution in [3.05, 3.63) is 53.7 Å². The molecule has 0 unspecified atom stereocenters. The van der Waals surface area contributed by atoms with Gasteiger partial charge in [-0.1, -0.05) is 18.2 Å². The van der Waals surface area contributed by atoms with Crippen LogP contribution in [-0.2, 0) is 0 Å². The lowest BCUT2D eigenvalue weighted by Crippen LogP contribution is -2.17. The van der Waals surface area contributed by atoms with Crippen LogP contribution in [0, 0.1) is 11.3 Å². The first kappa shape index (κ1) is 11.8. The van der Waals surface area contributed by atoms with Crippen molar-refractivity contribution in [3.8, 4) is 17.3 Å². The van der Waals surface area contributed by atoms with Gasteiger partial charge in [-0.3, -0.25) is 9.78 Å². The Kier molecular flexibility index (Phi) is 3.35. The lowest BCUT2D eigenvalue weighted by atomic mass is 10.0. The van der Waals surface area contributed by atoms with Crippen molar-refractivity contribution in [3.63, 3.8) is 0 Å². The quantitative estimate of drug-likeness (QED) is 0.868. The van der Waals surface area contributed by atoms with E-state index in [1.807, 2.05) is 12.1 Å². The maximum absolute atomic E-state index is 11.5. The number of aromatic nitrogens is 1. The van der Waals surface area contributed by atoms with E-state index in [-0.39, 0.29) is 5.91 Å². The van der Waals surface area contributed by atoms with E-state index < -0.39 is 0 Å². The molecule has 4 nitrogen and oxygen atoms in total. The second-order valence-corrected chi connectivity index (χ2v) is 3.67. The normalized spacial score (nSPS) is 9.56. The molecular formula is C14H11N3O. The van der Waals surface area contributed by atoms with Crippen LogP contribution in [0.15, 0.2) is 42.6 Å². The highest BCUT2D eigenvalue weighted by Gasteiger charge is 2.08. The minimum Gasteiger partial charge on any atom is -0.355 e. The first-order valence-corrected chi connectivity index (χ1v) is 5.44. The molecule has 0 aliphatic rings. The number of benzene rings is 1. The van der Waals surface area contributed by atoms with Crippen LogP contribution in [-0.4, -0.2) is 17.9 Å². The Labute approximate surface area is 105 Å². The van der Waals surface area contributed by atoms with Crippen molar-refractivity contribution in [1.82, 2.24) is 10.3 Å². The summed E-state index contributed by atoms with van der Waals surface area (Å²) in [6.07, 6.45) is 1.56. The molecule has 1 aromatic carbocycles. The topological polar surface area (TPSA) is 65.8 Å². The standard InChI is InChI=1S/C14H11N3O/c1-16-14(18)10-6-7-17-13(8-10)12-5-3-2-4-11(12)9-15/h2-8H,1H3,(H,16,18). The molecule has 88 valence electrons. The van der Waals surface area contributed by atoms with Gasteiger partial charge in [-0.25, -0.2) is 0 Å². The van der Waals surface area contributed by atoms with E-state index in [0.29, 0.717) is 16.8 Å². The van der Waals surface area contributed by atoms with E-state index in [1.165, 1.54) is 0 Å². The van der Waals surface area contributed by atoms with Gasteiger partial charge in [-0.2, -0.15) is 5.26 Å². The fourth-order valence-corrected chi connectivity index (χ4v) is 1.67. The van der Waals surface area contributed by atoms with Crippen LogP contribution in [0.1, 0.15) is 15.9 Å². The summed E-state index contributed by atoms with van der Waals surface area (Å²) in [5.74, 6) is -0.173. The number of rotatable bonds is 2. The van der Waals surface area contributed by atoms with Gasteiger partial charge in [0.1, 0.15) is 0 Å². The molecule has 0 fully saturated rings. The molecule has 0 radical (unpaired) electrons. The summed E-state index contributed by atoms with van der Waals surface area (Å²) in [4.78, 5) is 15.8. The third-order valence-corrected chi connectivity index (χ3v) is 2.57. The van der Waals surface area contributed by atoms with Crippen molar-refractivity contribution < 1.29 is 4.79 Å². The lowest BCUT2D eigenvalue weighted by molar-refractivity contribution is 0.0963. The van der Waals surface area contributed by atoms with Crippen molar-refractivity contribution >= 4 is 5.91 Å². The number of nitriles is 1. The van der Waals surface area contributed by atoms with Crippen LogP contribution in [0.5, 0.6) is 0 Å². The molecule has 0 aliphatic heterocycles. The molecule has 18 heavy (non-hydrogen) atoms. The molecule has 0 saturated carbocycles. The molecule has 0 atom stereocenters. The predicted octanol–water partition coefficient (Wildman–Crippen LogP) is 1.98. The van der Waals surface area contributed by atoms with Crippen LogP contribution in [0.4, 0.5) is 0 Å². The molecule has 1 aromatic heterocycles. The lowest BCUT2D eigenvalue weighted by Gasteiger charge is -2.05. The van der Waals surface area contributed by atoms with E-state index in [0.717, 1.165) is 5.56 Å². The summed E-state index contributed by atoms with van der Waals surface area (Å²) in [5.41, 5.74) is 2.41. The summed E-state index contributed by atoms with van der Waals surface area (Å²) in [6, 6.07) is 12.6. The van der Waals surface area contributed by atoms with Gasteiger partial charge >= 0.3 is 0 Å². The van der Waals surface area contributed by atoms with Crippen molar-refractivity contribution in [2.45, 2.75) is 0 Å². The Morgan fingerprint density at radius 2 is 2.11 bits per heavy atom. The van der Waals surface area contributed by atoms with Crippen molar-refractivity contribution in [1.29, 1.82) is 5.26 Å². The summed E-state index contributed by atoms with van der Waals surface area (Å²) >= 11 is 0. The largest absolute Gasteiger partial charge is 0.355 e. The molecule has 0 spiro atoms. The van der Waals surface area contributed by atoms with Gasteiger partial charge in [-0.05, 0) is 18.2 Å². The van der Waals surface area contributed by atoms with Gasteiger partial charge in [0.05, 0.1) is 17.3 Å². The van der Waals surface area contributed by atoms with E-state index in [4.69, 9.17) is 5.26 Å². The first-order chi connectivity index (χ1) is 8.76. The first-order valence-electron chi connectivity index (χ1n) is 5.44. The maximum Gasteiger partial charge on any atom is 0.251 e. The van der Waals surface area contributed by atoms with Gasteiger partial charge in [0.2, 0.25) is 0 Å². The minimum absolute atomic E-state index is 0.173. The highest BCUT2D eigenvalue weighted by molar-refractivity contribution is 5.95. The number of nitrogens with one attached hydrogen (secondary N) is 1. The highest BCUT2D eigenvalue weighted by atomic mass is 16.1. The molecule has 2 rings (SSSR count). The smallest absolute Gasteiger partial charge is 0.251 e. The van der Waals surface area contributed by atoms with Crippen LogP contribution >= 0.6 is 0 Å². The molecular weight excluding hydrogens is 226 g/mol. The Balaban J connectivity index is 2.52. The van der Waals surface area contributed by atoms with Crippen LogP contribution in [0.3, 0.4) is 0 Å². The zero-order valence-electron chi connectivity index (χ0n) is 9.84. The maximum atomic E-state index is 11.5. The fourth-order valence-electron chi connectivity index (χ4n) is 1.67. The minimum atomic E-state index is -0.173. The van der Waals surface area contributed by atoms with E-state index in [2.05, 4.69) is 16.4 Å². The molecule has 0 bridgehead atoms. The Hall–Kier alpha value is -2.67. The second-order valence-electron chi connectivity index (χ2n) is 3.67. The highest BCUT2D eigenvalue weighted by Crippen LogP contribution is 2.21. The number of nitrogens with zero attached hydrogens (tertiary/aromatic N) is 2. The molecule has 2 aromatic rings. The number of amides is 1. The average molecular weight is 237 g/mol. The predicted molar refractivity (Wildman–Crippen MR) is 67.8 cm³/mol. The monoisotopic (exact) mass is 237 g/mol. The Morgan fingerprint density at radius 3 is 2.83 bits per heavy atom. The van der Waals surface area contributed by atoms with E-state index in [9.17, 15) is 4.79 Å². The van der Waals surface area contributed by atoms with Crippen LogP contribution < -0.4 is 5.32 Å². The number of carbonyl (C=O) groups excluding carboxylic acids is 1. The van der Waals surface area contributed by atoms with Gasteiger partial charge < -0.3 is 5.32 Å². The second kappa shape index (κ2) is 5.11. The molecule has 1 N–H and O–H groups in total. The van der Waals surface area contributed by atoms with Crippen molar-refractivity contribution in [2.24, 2.45) is 0 Å². The van der Waals surface area contributed by atoms with E-state index >= 15 is 0 Å². The zero-order valence-corrected chi connectivity index (χ0v) is 9.84. The Morgan fingerprint density at radius 1 is 1.33 bits per heavy atom. The zero-order chi connectivity index (χ0) is 13.0. The number of pyridine rings is 1. The molecule has 0 saturated heterocycles. The van der Waals surface area contributed by atoms with Gasteiger partial charge in [-0.15, -0.1) is 0 Å². The third kappa shape index (κ3) is 2.20. The summed E-state index contributed by atoms with van der Waals surface area (Å²) in [5, 5.41) is 11.6. The summed E-state index contributed by atoms with van der Waals surface area (Å²) in [6.45, 7) is 0. The summed E-state index contributed by atoms with van der Waals surface area (Å²) in [7, 11) is 1.58. The molecule has 1 heterocycles. The fraction of sp³-hybridized carbons (Fsp3) is 0.0714. The third-order valence-electron chi connectivity index (χ3n) is 2.57. The SMILES string of the molecule is CNC(=O)c1ccnc(-c2ccccc2C#N)c1. The number of hydrogen-bond donors (Lipinski definition) is 1. The molecule has 0 aliphatic carbocycles. The van der Waals surface area contributed by atoms with Crippen molar-refractivity contribution in [2.75, 3.05) is 7.05 Å².